The van der Waals surface area contributed by atoms with E-state index in [2.05, 4.69) is 17.0 Å². The van der Waals surface area contributed by atoms with E-state index >= 15 is 0 Å². The summed E-state index contributed by atoms with van der Waals surface area (Å²) in [7, 11) is 0. The largest absolute Gasteiger partial charge is 0.392 e. The van der Waals surface area contributed by atoms with Crippen molar-refractivity contribution in [3.63, 3.8) is 0 Å². The van der Waals surface area contributed by atoms with Crippen LogP contribution in [0.15, 0.2) is 12.1 Å². The number of hydrogen-bond acceptors (Lipinski definition) is 4. The highest BCUT2D eigenvalue weighted by Gasteiger charge is 2.46. The Kier molecular flexibility index (Phi) is 6.90. The van der Waals surface area contributed by atoms with Gasteiger partial charge in [0, 0.05) is 38.3 Å². The molecule has 3 rings (SSSR count). The summed E-state index contributed by atoms with van der Waals surface area (Å²) in [6.45, 7) is 6.83. The number of aliphatic hydroxyl groups excluding tert-OH is 1. The molecular formula is C22H34FNO3. The molecule has 3 atom stereocenters. The van der Waals surface area contributed by atoms with Crippen molar-refractivity contribution in [2.45, 2.75) is 64.2 Å². The molecule has 0 aliphatic carbocycles. The van der Waals surface area contributed by atoms with Crippen molar-refractivity contribution in [3.05, 3.63) is 34.4 Å². The molecule has 4 nitrogen and oxygen atoms in total. The highest BCUT2D eigenvalue weighted by atomic mass is 19.1. The van der Waals surface area contributed by atoms with Gasteiger partial charge in [0.1, 0.15) is 0 Å². The van der Waals surface area contributed by atoms with Crippen LogP contribution in [0, 0.1) is 12.8 Å². The van der Waals surface area contributed by atoms with Crippen LogP contribution < -0.4 is 0 Å². The Hall–Kier alpha value is -1.01. The van der Waals surface area contributed by atoms with Crippen molar-refractivity contribution in [3.8, 4) is 0 Å². The first kappa shape index (κ1) is 20.7. The monoisotopic (exact) mass is 379 g/mol. The van der Waals surface area contributed by atoms with E-state index in [0.29, 0.717) is 32.5 Å². The number of nitrogens with zero attached hydrogens (tertiary/aromatic N) is 1. The van der Waals surface area contributed by atoms with Crippen LogP contribution in [-0.2, 0) is 17.8 Å². The zero-order valence-corrected chi connectivity index (χ0v) is 16.7. The molecule has 1 aromatic carbocycles. The Morgan fingerprint density at radius 1 is 1.37 bits per heavy atom. The topological polar surface area (TPSA) is 52.9 Å². The van der Waals surface area contributed by atoms with Crippen molar-refractivity contribution in [2.75, 3.05) is 33.0 Å². The number of benzene rings is 1. The first-order valence-electron chi connectivity index (χ1n) is 10.4. The number of aliphatic hydroxyl groups is 2. The lowest BCUT2D eigenvalue weighted by Gasteiger charge is -2.51. The van der Waals surface area contributed by atoms with Gasteiger partial charge in [0.15, 0.2) is 0 Å². The lowest BCUT2D eigenvalue weighted by Crippen LogP contribution is -2.55. The van der Waals surface area contributed by atoms with Gasteiger partial charge in [-0.2, -0.15) is 0 Å². The molecule has 0 unspecified atom stereocenters. The molecule has 1 aromatic rings. The second kappa shape index (κ2) is 8.99. The molecule has 2 N–H and O–H groups in total. The van der Waals surface area contributed by atoms with Crippen molar-refractivity contribution in [1.82, 2.24) is 4.90 Å². The summed E-state index contributed by atoms with van der Waals surface area (Å²) in [5.41, 5.74) is 3.80. The van der Waals surface area contributed by atoms with Crippen LogP contribution in [0.1, 0.15) is 60.9 Å². The molecule has 0 spiro atoms. The van der Waals surface area contributed by atoms with Crippen LogP contribution >= 0.6 is 0 Å². The normalized spacial score (nSPS) is 28.0. The molecule has 0 radical (unpaired) electrons. The average molecular weight is 380 g/mol. The maximum atomic E-state index is 12.9. The summed E-state index contributed by atoms with van der Waals surface area (Å²) in [6, 6.07) is 4.49. The molecule has 2 aliphatic rings. The van der Waals surface area contributed by atoms with Crippen LogP contribution in [0.5, 0.6) is 0 Å². The van der Waals surface area contributed by atoms with Gasteiger partial charge in [-0.1, -0.05) is 12.1 Å². The Morgan fingerprint density at radius 2 is 2.19 bits per heavy atom. The van der Waals surface area contributed by atoms with E-state index in [9.17, 15) is 14.6 Å². The van der Waals surface area contributed by atoms with E-state index < -0.39 is 5.60 Å². The number of rotatable bonds is 8. The predicted molar refractivity (Wildman–Crippen MR) is 104 cm³/mol. The third-order valence-corrected chi connectivity index (χ3v) is 6.56. The maximum absolute atomic E-state index is 12.9. The molecule has 0 bridgehead atoms. The minimum absolute atomic E-state index is 0.0629. The lowest BCUT2D eigenvalue weighted by atomic mass is 9.70. The first-order valence-corrected chi connectivity index (χ1v) is 10.4. The second-order valence-electron chi connectivity index (χ2n) is 8.18. The van der Waals surface area contributed by atoms with Crippen LogP contribution in [0.4, 0.5) is 4.39 Å². The van der Waals surface area contributed by atoms with Gasteiger partial charge in [-0.05, 0) is 68.2 Å². The number of fused-ring (bicyclic) bond motifs is 3. The second-order valence-corrected chi connectivity index (χ2v) is 8.18. The van der Waals surface area contributed by atoms with Crippen LogP contribution in [-0.4, -0.2) is 53.7 Å². The SMILES string of the molecule is CCOCC[C@@H]1CN2CCc3cc(CO)c(C)cc3[C@H]2C[C@]1(O)CCCF. The first-order chi connectivity index (χ1) is 13.0. The zero-order chi connectivity index (χ0) is 19.4. The van der Waals surface area contributed by atoms with Gasteiger partial charge in [-0.15, -0.1) is 0 Å². The van der Waals surface area contributed by atoms with Gasteiger partial charge in [-0.25, -0.2) is 0 Å². The number of alkyl halides is 1. The fourth-order valence-electron chi connectivity index (χ4n) is 4.96. The minimum Gasteiger partial charge on any atom is -0.392 e. The van der Waals surface area contributed by atoms with Crippen molar-refractivity contribution < 1.29 is 19.3 Å². The molecule has 5 heteroatoms. The maximum Gasteiger partial charge on any atom is 0.0895 e. The molecule has 1 fully saturated rings. The predicted octanol–water partition coefficient (Wildman–Crippen LogP) is 3.31. The standard InChI is InChI=1S/C22H34FNO3/c1-3-27-10-6-19-14-24-9-5-17-12-18(15-25)16(2)11-20(17)21(24)13-22(19,26)7-4-8-23/h11-12,19,21,25-26H,3-10,13-15H2,1-2H3/t19-,21-,22-/m1/s1. The summed E-state index contributed by atoms with van der Waals surface area (Å²) in [5, 5.41) is 21.1. The molecule has 2 heterocycles. The molecule has 0 amide bonds. The summed E-state index contributed by atoms with van der Waals surface area (Å²) >= 11 is 0. The number of hydrogen-bond donors (Lipinski definition) is 2. The van der Waals surface area contributed by atoms with Gasteiger partial charge in [0.25, 0.3) is 0 Å². The number of aryl methyl sites for hydroxylation is 1. The lowest BCUT2D eigenvalue weighted by molar-refractivity contribution is -0.111. The minimum atomic E-state index is -0.845. The van der Waals surface area contributed by atoms with Crippen LogP contribution in [0.25, 0.3) is 0 Å². The molecule has 27 heavy (non-hydrogen) atoms. The molecule has 152 valence electrons. The molecule has 1 saturated heterocycles. The van der Waals surface area contributed by atoms with Crippen LogP contribution in [0.3, 0.4) is 0 Å². The number of piperidine rings is 1. The number of ether oxygens (including phenoxy) is 1. The fraction of sp³-hybridized carbons (Fsp3) is 0.727. The third-order valence-electron chi connectivity index (χ3n) is 6.56. The van der Waals surface area contributed by atoms with Crippen molar-refractivity contribution in [1.29, 1.82) is 0 Å². The Labute approximate surface area is 162 Å². The summed E-state index contributed by atoms with van der Waals surface area (Å²) in [5.74, 6) is 0.117. The highest BCUT2D eigenvalue weighted by molar-refractivity contribution is 5.41. The van der Waals surface area contributed by atoms with Gasteiger partial charge in [-0.3, -0.25) is 9.29 Å². The van der Waals surface area contributed by atoms with E-state index in [1.165, 1.54) is 11.1 Å². The van der Waals surface area contributed by atoms with E-state index in [1.54, 1.807) is 0 Å². The molecule has 0 saturated carbocycles. The average Bonchev–Trinajstić information content (AvgIpc) is 2.67. The molecular weight excluding hydrogens is 345 g/mol. The van der Waals surface area contributed by atoms with Crippen molar-refractivity contribution in [2.24, 2.45) is 5.92 Å². The quantitative estimate of drug-likeness (QED) is 0.681. The van der Waals surface area contributed by atoms with Gasteiger partial charge in [0.05, 0.1) is 18.9 Å². The summed E-state index contributed by atoms with van der Waals surface area (Å²) in [6.07, 6.45) is 3.35. The van der Waals surface area contributed by atoms with E-state index in [-0.39, 0.29) is 25.2 Å². The van der Waals surface area contributed by atoms with E-state index in [0.717, 1.165) is 37.1 Å². The third kappa shape index (κ3) is 4.37. The smallest absolute Gasteiger partial charge is 0.0895 e. The summed E-state index contributed by atoms with van der Waals surface area (Å²) in [4.78, 5) is 2.49. The molecule has 0 aromatic heterocycles. The zero-order valence-electron chi connectivity index (χ0n) is 16.7. The Balaban J connectivity index is 1.86. The van der Waals surface area contributed by atoms with E-state index in [1.807, 2.05) is 13.8 Å². The van der Waals surface area contributed by atoms with Gasteiger partial charge in [0.2, 0.25) is 0 Å². The van der Waals surface area contributed by atoms with Gasteiger partial charge < -0.3 is 14.9 Å². The van der Waals surface area contributed by atoms with Gasteiger partial charge >= 0.3 is 0 Å². The van der Waals surface area contributed by atoms with E-state index in [4.69, 9.17) is 4.74 Å². The Bertz CT molecular complexity index is 638. The van der Waals surface area contributed by atoms with Crippen molar-refractivity contribution >= 4 is 0 Å². The fourth-order valence-corrected chi connectivity index (χ4v) is 4.96. The summed E-state index contributed by atoms with van der Waals surface area (Å²) < 4.78 is 18.4. The van der Waals surface area contributed by atoms with Crippen LogP contribution in [0.2, 0.25) is 0 Å². The molecule has 2 aliphatic heterocycles. The highest BCUT2D eigenvalue weighted by Crippen LogP contribution is 2.46. The number of halogens is 1. The Morgan fingerprint density at radius 3 is 2.89 bits per heavy atom.